The highest BCUT2D eigenvalue weighted by atomic mass is 16.2. The van der Waals surface area contributed by atoms with Crippen LogP contribution in [0.3, 0.4) is 0 Å². The Balaban J connectivity index is 3.08. The number of aldehydes is 1. The van der Waals surface area contributed by atoms with Crippen molar-refractivity contribution in [2.45, 2.75) is 12.8 Å². The van der Waals surface area contributed by atoms with Crippen LogP contribution in [0.2, 0.25) is 0 Å². The number of carbonyl (C=O) groups is 1. The Labute approximate surface area is 54.5 Å². The molecule has 0 spiro atoms. The first-order valence-corrected chi connectivity index (χ1v) is 2.81. The first-order valence-electron chi connectivity index (χ1n) is 2.81. The molecular weight excluding hydrogens is 116 g/mol. The van der Waals surface area contributed by atoms with Gasteiger partial charge in [-0.25, -0.2) is 0 Å². The van der Waals surface area contributed by atoms with Crippen molar-refractivity contribution in [2.75, 3.05) is 0 Å². The van der Waals surface area contributed by atoms with E-state index in [1.165, 1.54) is 6.08 Å². The van der Waals surface area contributed by atoms with E-state index in [4.69, 9.17) is 5.11 Å². The predicted octanol–water partition coefficient (Wildman–Crippen LogP) is 1.59. The summed E-state index contributed by atoms with van der Waals surface area (Å²) in [7, 11) is 0. The second-order valence-electron chi connectivity index (χ2n) is 1.53. The highest BCUT2D eigenvalue weighted by Gasteiger charge is 1.73. The van der Waals surface area contributed by atoms with Crippen LogP contribution in [0.5, 0.6) is 0 Å². The Morgan fingerprint density at radius 2 is 1.89 bits per heavy atom. The van der Waals surface area contributed by atoms with Crippen LogP contribution in [0.4, 0.5) is 0 Å². The third kappa shape index (κ3) is 6.95. The van der Waals surface area contributed by atoms with E-state index in [-0.39, 0.29) is 0 Å². The summed E-state index contributed by atoms with van der Waals surface area (Å²) in [6, 6.07) is 0. The summed E-state index contributed by atoms with van der Waals surface area (Å²) >= 11 is 0. The quantitative estimate of drug-likeness (QED) is 0.269. The van der Waals surface area contributed by atoms with Gasteiger partial charge in [-0.2, -0.15) is 0 Å². The first kappa shape index (κ1) is 7.95. The summed E-state index contributed by atoms with van der Waals surface area (Å²) in [6.45, 7) is 0. The molecule has 0 aromatic rings. The molecule has 0 fully saturated rings. The van der Waals surface area contributed by atoms with Crippen molar-refractivity contribution in [3.8, 4) is 0 Å². The predicted molar refractivity (Wildman–Crippen MR) is 36.2 cm³/mol. The van der Waals surface area contributed by atoms with Crippen LogP contribution in [-0.4, -0.2) is 11.4 Å². The molecule has 0 atom stereocenters. The van der Waals surface area contributed by atoms with E-state index in [0.717, 1.165) is 25.4 Å². The molecule has 9 heavy (non-hydrogen) atoms. The summed E-state index contributed by atoms with van der Waals surface area (Å²) in [6.07, 6.45) is 8.17. The molecule has 2 heteroatoms. The van der Waals surface area contributed by atoms with E-state index >= 15 is 0 Å². The molecule has 0 bridgehead atoms. The van der Waals surface area contributed by atoms with Crippen molar-refractivity contribution in [1.29, 1.82) is 0 Å². The van der Waals surface area contributed by atoms with Crippen LogP contribution in [-0.2, 0) is 4.79 Å². The lowest BCUT2D eigenvalue weighted by Gasteiger charge is -1.80. The molecular formula is C7H10O2. The minimum absolute atomic E-state index is 0.739. The Bertz CT molecular complexity index is 114. The van der Waals surface area contributed by atoms with Gasteiger partial charge in [0.15, 0.2) is 0 Å². The normalized spacial score (nSPS) is 11.1. The van der Waals surface area contributed by atoms with E-state index in [9.17, 15) is 4.79 Å². The maximum Gasteiger partial charge on any atom is 0.142 e. The van der Waals surface area contributed by atoms with Crippen molar-refractivity contribution in [2.24, 2.45) is 0 Å². The van der Waals surface area contributed by atoms with E-state index in [1.807, 2.05) is 0 Å². The van der Waals surface area contributed by atoms with Gasteiger partial charge in [0, 0.05) is 0 Å². The second kappa shape index (κ2) is 6.95. The van der Waals surface area contributed by atoms with Crippen LogP contribution in [0.1, 0.15) is 12.8 Å². The molecule has 2 nitrogen and oxygen atoms in total. The number of aliphatic hydroxyl groups is 1. The Hall–Kier alpha value is -1.05. The van der Waals surface area contributed by atoms with Gasteiger partial charge in [-0.3, -0.25) is 4.79 Å². The molecule has 0 aromatic heterocycles. The average Bonchev–Trinajstić information content (AvgIpc) is 1.89. The third-order valence-corrected chi connectivity index (χ3v) is 0.820. The van der Waals surface area contributed by atoms with Crippen molar-refractivity contribution >= 4 is 6.29 Å². The Kier molecular flexibility index (Phi) is 6.14. The van der Waals surface area contributed by atoms with Gasteiger partial charge in [-0.15, -0.1) is 0 Å². The smallest absolute Gasteiger partial charge is 0.142 e. The van der Waals surface area contributed by atoms with Crippen molar-refractivity contribution in [3.05, 3.63) is 24.5 Å². The van der Waals surface area contributed by atoms with Crippen molar-refractivity contribution in [1.82, 2.24) is 0 Å². The molecule has 0 saturated carbocycles. The second-order valence-corrected chi connectivity index (χ2v) is 1.53. The molecule has 0 unspecified atom stereocenters. The Morgan fingerprint density at radius 3 is 2.44 bits per heavy atom. The van der Waals surface area contributed by atoms with Gasteiger partial charge in [0.2, 0.25) is 0 Å². The fourth-order valence-electron chi connectivity index (χ4n) is 0.419. The lowest BCUT2D eigenvalue weighted by molar-refractivity contribution is -0.104. The molecule has 0 aliphatic rings. The molecule has 0 heterocycles. The number of allylic oxidation sites excluding steroid dienone is 3. The van der Waals surface area contributed by atoms with Gasteiger partial charge in [0.05, 0.1) is 6.26 Å². The maximum atomic E-state index is 9.68. The topological polar surface area (TPSA) is 37.3 Å². The van der Waals surface area contributed by atoms with E-state index in [2.05, 4.69) is 0 Å². The molecule has 50 valence electrons. The molecule has 0 aliphatic heterocycles. The SMILES string of the molecule is O=CC=CCC/C=C\O. The van der Waals surface area contributed by atoms with E-state index in [1.54, 1.807) is 12.2 Å². The number of hydrogen-bond acceptors (Lipinski definition) is 2. The van der Waals surface area contributed by atoms with Gasteiger partial charge >= 0.3 is 0 Å². The zero-order valence-corrected chi connectivity index (χ0v) is 5.16. The molecule has 0 rings (SSSR count). The lowest BCUT2D eigenvalue weighted by Crippen LogP contribution is -1.65. The van der Waals surface area contributed by atoms with Crippen LogP contribution in [0.15, 0.2) is 24.5 Å². The zero-order valence-electron chi connectivity index (χ0n) is 5.16. The van der Waals surface area contributed by atoms with Crippen molar-refractivity contribution in [3.63, 3.8) is 0 Å². The first-order chi connectivity index (χ1) is 4.41. The number of hydrogen-bond donors (Lipinski definition) is 1. The van der Waals surface area contributed by atoms with Gasteiger partial charge in [-0.1, -0.05) is 6.08 Å². The number of unbranched alkanes of at least 4 members (excludes halogenated alkanes) is 1. The highest BCUT2D eigenvalue weighted by Crippen LogP contribution is 1.90. The van der Waals surface area contributed by atoms with Crippen LogP contribution >= 0.6 is 0 Å². The average molecular weight is 126 g/mol. The van der Waals surface area contributed by atoms with Gasteiger partial charge < -0.3 is 5.11 Å². The minimum atomic E-state index is 0.739. The molecule has 0 aromatic carbocycles. The summed E-state index contributed by atoms with van der Waals surface area (Å²) in [5.41, 5.74) is 0. The fourth-order valence-corrected chi connectivity index (χ4v) is 0.419. The van der Waals surface area contributed by atoms with Gasteiger partial charge in [0.1, 0.15) is 6.29 Å². The summed E-state index contributed by atoms with van der Waals surface area (Å²) in [5.74, 6) is 0. The largest absolute Gasteiger partial charge is 0.516 e. The minimum Gasteiger partial charge on any atom is -0.516 e. The molecule has 1 N–H and O–H groups in total. The van der Waals surface area contributed by atoms with Gasteiger partial charge in [0.25, 0.3) is 0 Å². The summed E-state index contributed by atoms with van der Waals surface area (Å²) < 4.78 is 0. The van der Waals surface area contributed by atoms with Crippen LogP contribution < -0.4 is 0 Å². The maximum absolute atomic E-state index is 9.68. The summed E-state index contributed by atoms with van der Waals surface area (Å²) in [4.78, 5) is 9.68. The van der Waals surface area contributed by atoms with E-state index in [0.29, 0.717) is 0 Å². The molecule has 0 radical (unpaired) electrons. The standard InChI is InChI=1S/C7H10O2/c8-6-4-2-1-3-5-7-9/h2,4-7,9H,1,3H2/b4-2?,7-5-. The van der Waals surface area contributed by atoms with Crippen LogP contribution in [0, 0.1) is 0 Å². The monoisotopic (exact) mass is 126 g/mol. The number of rotatable bonds is 4. The third-order valence-electron chi connectivity index (χ3n) is 0.820. The zero-order chi connectivity index (χ0) is 6.95. The van der Waals surface area contributed by atoms with Gasteiger partial charge in [-0.05, 0) is 25.0 Å². The Morgan fingerprint density at radius 1 is 1.22 bits per heavy atom. The van der Waals surface area contributed by atoms with Crippen molar-refractivity contribution < 1.29 is 9.90 Å². The van der Waals surface area contributed by atoms with Crippen LogP contribution in [0.25, 0.3) is 0 Å². The molecule has 0 aliphatic carbocycles. The highest BCUT2D eigenvalue weighted by molar-refractivity contribution is 5.64. The number of carbonyl (C=O) groups excluding carboxylic acids is 1. The molecule has 0 amide bonds. The fraction of sp³-hybridized carbons (Fsp3) is 0.286. The lowest BCUT2D eigenvalue weighted by atomic mass is 10.3. The molecule has 0 saturated heterocycles. The number of aliphatic hydroxyl groups excluding tert-OH is 1. The van der Waals surface area contributed by atoms with E-state index < -0.39 is 0 Å². The summed E-state index contributed by atoms with van der Waals surface area (Å²) in [5, 5.41) is 8.15.